The molecule has 1 amide bonds. The van der Waals surface area contributed by atoms with Crippen molar-refractivity contribution in [1.82, 2.24) is 0 Å². The summed E-state index contributed by atoms with van der Waals surface area (Å²) >= 11 is 0. The first-order chi connectivity index (χ1) is 15.9. The zero-order chi connectivity index (χ0) is 25.1. The molecule has 0 spiro atoms. The van der Waals surface area contributed by atoms with Crippen molar-refractivity contribution in [2.24, 2.45) is 0 Å². The summed E-state index contributed by atoms with van der Waals surface area (Å²) in [5.74, 6) is -1.57. The molecule has 0 unspecified atom stereocenters. The highest BCUT2D eigenvalue weighted by Crippen LogP contribution is 2.29. The van der Waals surface area contributed by atoms with Crippen molar-refractivity contribution in [1.29, 1.82) is 0 Å². The van der Waals surface area contributed by atoms with Gasteiger partial charge in [-0.05, 0) is 50.8 Å². The molecule has 0 aliphatic rings. The fraction of sp³-hybridized carbons (Fsp3) is 0.333. The topological polar surface area (TPSA) is 46.6 Å². The largest absolute Gasteiger partial charge is 0.462 e. The van der Waals surface area contributed by atoms with Crippen LogP contribution in [0.15, 0.2) is 72.8 Å². The number of ether oxygens (including phenoxy) is 1. The Bertz CT molecular complexity index is 1130. The van der Waals surface area contributed by atoms with Gasteiger partial charge in [0.25, 0.3) is 0 Å². The zero-order valence-electron chi connectivity index (χ0n) is 21.3. The van der Waals surface area contributed by atoms with Crippen LogP contribution in [-0.4, -0.2) is 19.0 Å². The Morgan fingerprint density at radius 3 is 1.50 bits per heavy atom. The molecule has 0 aliphatic carbocycles. The average Bonchev–Trinajstić information content (AvgIpc) is 2.81. The highest BCUT2D eigenvalue weighted by atomic mass is 16.5. The van der Waals surface area contributed by atoms with Crippen molar-refractivity contribution in [3.63, 3.8) is 0 Å². The average molecular weight is 458 g/mol. The molecule has 178 valence electrons. The van der Waals surface area contributed by atoms with E-state index in [1.54, 1.807) is 0 Å². The van der Waals surface area contributed by atoms with Gasteiger partial charge in [-0.25, -0.2) is 4.79 Å². The second-order valence-corrected chi connectivity index (χ2v) is 10.7. The van der Waals surface area contributed by atoms with E-state index >= 15 is 0 Å². The molecule has 3 rings (SSSR count). The molecule has 0 aromatic heterocycles. The van der Waals surface area contributed by atoms with Gasteiger partial charge in [0, 0.05) is 5.69 Å². The number of anilines is 1. The van der Waals surface area contributed by atoms with E-state index in [9.17, 15) is 9.59 Å². The molecule has 0 fully saturated rings. The van der Waals surface area contributed by atoms with Crippen LogP contribution in [0.1, 0.15) is 58.2 Å². The molecule has 0 heterocycles. The lowest BCUT2D eigenvalue weighted by molar-refractivity contribution is -0.151. The Hall–Kier alpha value is -3.40. The van der Waals surface area contributed by atoms with Gasteiger partial charge in [-0.15, -0.1) is 0 Å². The van der Waals surface area contributed by atoms with Gasteiger partial charge < -0.3 is 4.74 Å². The number of esters is 1. The van der Waals surface area contributed by atoms with E-state index in [0.717, 1.165) is 16.7 Å². The number of benzene rings is 3. The quantitative estimate of drug-likeness (QED) is 0.325. The minimum absolute atomic E-state index is 0.0426. The zero-order valence-corrected chi connectivity index (χ0v) is 21.3. The van der Waals surface area contributed by atoms with Crippen LogP contribution in [0.25, 0.3) is 11.1 Å². The van der Waals surface area contributed by atoms with Crippen LogP contribution in [0, 0.1) is 0 Å². The van der Waals surface area contributed by atoms with Crippen LogP contribution in [0.2, 0.25) is 0 Å². The van der Waals surface area contributed by atoms with E-state index < -0.39 is 11.9 Å². The summed E-state index contributed by atoms with van der Waals surface area (Å²) in [6, 6.07) is 24.4. The molecule has 0 saturated carbocycles. The molecule has 3 aromatic rings. The number of carbonyl (C=O) groups is 2. The third-order valence-corrected chi connectivity index (χ3v) is 6.03. The van der Waals surface area contributed by atoms with Crippen molar-refractivity contribution in [3.05, 3.63) is 89.5 Å². The Morgan fingerprint density at radius 1 is 0.676 bits per heavy atom. The van der Waals surface area contributed by atoms with Crippen molar-refractivity contribution >= 4 is 17.6 Å². The van der Waals surface area contributed by atoms with Crippen molar-refractivity contribution in [2.45, 2.75) is 58.9 Å². The standard InChI is InChI=1S/C30H35NO3/c1-29(2,3)24-14-8-21(9-15-24)20-31(27(32)28(33)34-7)26-18-12-23(13-19-26)22-10-16-25(17-11-22)30(4,5)6/h8-19H,20H2,1-7H3. The number of hydrogen-bond donors (Lipinski definition) is 0. The van der Waals surface area contributed by atoms with E-state index in [1.165, 1.54) is 23.1 Å². The molecule has 3 aromatic carbocycles. The molecule has 34 heavy (non-hydrogen) atoms. The fourth-order valence-electron chi connectivity index (χ4n) is 3.77. The van der Waals surface area contributed by atoms with E-state index in [0.29, 0.717) is 5.69 Å². The van der Waals surface area contributed by atoms with Gasteiger partial charge in [-0.3, -0.25) is 9.69 Å². The molecule has 4 heteroatoms. The maximum absolute atomic E-state index is 12.8. The highest BCUT2D eigenvalue weighted by molar-refractivity contribution is 6.38. The molecule has 4 nitrogen and oxygen atoms in total. The van der Waals surface area contributed by atoms with Crippen molar-refractivity contribution in [3.8, 4) is 11.1 Å². The molecule has 0 saturated heterocycles. The van der Waals surface area contributed by atoms with Crippen molar-refractivity contribution < 1.29 is 14.3 Å². The SMILES string of the molecule is COC(=O)C(=O)N(Cc1ccc(C(C)(C)C)cc1)c1ccc(-c2ccc(C(C)(C)C)cc2)cc1. The van der Waals surface area contributed by atoms with Gasteiger partial charge in [-0.2, -0.15) is 0 Å². The third kappa shape index (κ3) is 5.93. The second kappa shape index (κ2) is 9.84. The number of nitrogens with zero attached hydrogens (tertiary/aromatic N) is 1. The van der Waals surface area contributed by atoms with Crippen LogP contribution < -0.4 is 4.90 Å². The summed E-state index contributed by atoms with van der Waals surface area (Å²) in [6.45, 7) is 13.3. The van der Waals surface area contributed by atoms with Crippen LogP contribution in [0.5, 0.6) is 0 Å². The van der Waals surface area contributed by atoms with E-state index in [-0.39, 0.29) is 17.4 Å². The number of rotatable bonds is 4. The maximum atomic E-state index is 12.8. The molecular weight excluding hydrogens is 422 g/mol. The predicted octanol–water partition coefficient (Wildman–Crippen LogP) is 6.65. The summed E-state index contributed by atoms with van der Waals surface area (Å²) in [5, 5.41) is 0. The van der Waals surface area contributed by atoms with Crippen LogP contribution in [-0.2, 0) is 31.7 Å². The normalized spacial score (nSPS) is 11.7. The van der Waals surface area contributed by atoms with Gasteiger partial charge in [0.15, 0.2) is 0 Å². The van der Waals surface area contributed by atoms with E-state index in [4.69, 9.17) is 4.74 Å². The predicted molar refractivity (Wildman–Crippen MR) is 139 cm³/mol. The fourth-order valence-corrected chi connectivity index (χ4v) is 3.77. The van der Waals surface area contributed by atoms with Gasteiger partial charge in [-0.1, -0.05) is 102 Å². The van der Waals surface area contributed by atoms with Gasteiger partial charge >= 0.3 is 11.9 Å². The second-order valence-electron chi connectivity index (χ2n) is 10.7. The summed E-state index contributed by atoms with van der Waals surface area (Å²) in [6.07, 6.45) is 0. The smallest absolute Gasteiger partial charge is 0.397 e. The number of carbonyl (C=O) groups excluding carboxylic acids is 2. The van der Waals surface area contributed by atoms with Crippen LogP contribution in [0.4, 0.5) is 5.69 Å². The Balaban J connectivity index is 1.88. The van der Waals surface area contributed by atoms with Crippen LogP contribution >= 0.6 is 0 Å². The van der Waals surface area contributed by atoms with E-state index in [2.05, 4.69) is 77.9 Å². The summed E-state index contributed by atoms with van der Waals surface area (Å²) < 4.78 is 4.72. The Labute approximate surface area is 203 Å². The van der Waals surface area contributed by atoms with E-state index in [1.807, 2.05) is 36.4 Å². The van der Waals surface area contributed by atoms with Gasteiger partial charge in [0.2, 0.25) is 0 Å². The monoisotopic (exact) mass is 457 g/mol. The maximum Gasteiger partial charge on any atom is 0.397 e. The van der Waals surface area contributed by atoms with Crippen molar-refractivity contribution in [2.75, 3.05) is 12.0 Å². The van der Waals surface area contributed by atoms with Gasteiger partial charge in [0.1, 0.15) is 0 Å². The minimum Gasteiger partial charge on any atom is -0.462 e. The Kier molecular flexibility index (Phi) is 7.30. The number of amides is 1. The molecular formula is C30H35NO3. The first kappa shape index (κ1) is 25.2. The molecule has 0 N–H and O–H groups in total. The number of methoxy groups -OCH3 is 1. The highest BCUT2D eigenvalue weighted by Gasteiger charge is 2.25. The summed E-state index contributed by atoms with van der Waals surface area (Å²) in [5.41, 5.74) is 6.36. The lowest BCUT2D eigenvalue weighted by atomic mass is 9.86. The summed E-state index contributed by atoms with van der Waals surface area (Å²) in [4.78, 5) is 26.4. The van der Waals surface area contributed by atoms with Crippen LogP contribution in [0.3, 0.4) is 0 Å². The summed E-state index contributed by atoms with van der Waals surface area (Å²) in [7, 11) is 1.22. The van der Waals surface area contributed by atoms with Gasteiger partial charge in [0.05, 0.1) is 13.7 Å². The first-order valence-corrected chi connectivity index (χ1v) is 11.6. The molecule has 0 atom stereocenters. The molecule has 0 aliphatic heterocycles. The Morgan fingerprint density at radius 2 is 1.09 bits per heavy atom. The molecule has 0 radical (unpaired) electrons. The molecule has 0 bridgehead atoms. The number of hydrogen-bond acceptors (Lipinski definition) is 3. The minimum atomic E-state index is -0.881. The lowest BCUT2D eigenvalue weighted by Crippen LogP contribution is -2.36. The lowest BCUT2D eigenvalue weighted by Gasteiger charge is -2.23. The third-order valence-electron chi connectivity index (χ3n) is 6.03. The first-order valence-electron chi connectivity index (χ1n) is 11.6.